The lowest BCUT2D eigenvalue weighted by Gasteiger charge is -2.27. The predicted molar refractivity (Wildman–Crippen MR) is 116 cm³/mol. The van der Waals surface area contributed by atoms with E-state index in [0.29, 0.717) is 0 Å². The summed E-state index contributed by atoms with van der Waals surface area (Å²) in [7, 11) is -1.44. The molecule has 0 fully saturated rings. The van der Waals surface area contributed by atoms with Crippen LogP contribution in [0.15, 0.2) is 0 Å². The van der Waals surface area contributed by atoms with E-state index in [-0.39, 0.29) is 18.1 Å². The molecule has 0 aromatic rings. The van der Waals surface area contributed by atoms with E-state index in [2.05, 4.69) is 16.0 Å². The van der Waals surface area contributed by atoms with Crippen molar-refractivity contribution in [2.45, 2.75) is 77.8 Å². The van der Waals surface area contributed by atoms with E-state index < -0.39 is 64.4 Å². The number of nitrogens with two attached hydrogens (primary N) is 1. The van der Waals surface area contributed by atoms with Gasteiger partial charge in [0, 0.05) is 17.1 Å². The van der Waals surface area contributed by atoms with E-state index in [1.54, 1.807) is 20.8 Å². The Balaban J connectivity index is 5.49. The molecule has 0 aromatic carbocycles. The molecule has 180 valence electrons. The summed E-state index contributed by atoms with van der Waals surface area (Å²) >= 11 is 0. The number of ether oxygens (including phenoxy) is 1. The van der Waals surface area contributed by atoms with Gasteiger partial charge in [-0.05, 0) is 40.0 Å². The molecule has 6 N–H and O–H groups in total. The Morgan fingerprint density at radius 3 is 1.90 bits per heavy atom. The van der Waals surface area contributed by atoms with Gasteiger partial charge in [0.2, 0.25) is 17.7 Å². The van der Waals surface area contributed by atoms with E-state index in [0.717, 1.165) is 0 Å². The number of aliphatic hydroxyl groups excluding tert-OH is 1. The topological polar surface area (TPSA) is 177 Å². The molecule has 0 aromatic heterocycles. The predicted octanol–water partition coefficient (Wildman–Crippen LogP) is -0.860. The monoisotopic (exact) mass is 464 g/mol. The normalized spacial score (nSPS) is 16.4. The van der Waals surface area contributed by atoms with Gasteiger partial charge in [-0.1, -0.05) is 13.8 Å². The number of carbonyl (C=O) groups excluding carboxylic acids is 4. The van der Waals surface area contributed by atoms with E-state index in [9.17, 15) is 28.5 Å². The highest BCUT2D eigenvalue weighted by Crippen LogP contribution is 2.09. The van der Waals surface area contributed by atoms with Gasteiger partial charge in [-0.15, -0.1) is 0 Å². The quantitative estimate of drug-likeness (QED) is 0.264. The first-order chi connectivity index (χ1) is 14.0. The summed E-state index contributed by atoms with van der Waals surface area (Å²) in [5.41, 5.74) is 4.40. The Kier molecular flexibility index (Phi) is 11.7. The fourth-order valence-electron chi connectivity index (χ4n) is 2.53. The largest absolute Gasteiger partial charge is 0.444 e. The molecule has 0 bridgehead atoms. The molecule has 0 aliphatic rings. The van der Waals surface area contributed by atoms with Gasteiger partial charge in [0.25, 0.3) is 0 Å². The number of nitrogens with one attached hydrogen (secondary N) is 3. The average molecular weight is 465 g/mol. The first-order valence-electron chi connectivity index (χ1n) is 9.91. The van der Waals surface area contributed by atoms with Gasteiger partial charge in [-0.25, -0.2) is 4.79 Å². The lowest BCUT2D eigenvalue weighted by atomic mass is 10.0. The molecule has 31 heavy (non-hydrogen) atoms. The van der Waals surface area contributed by atoms with E-state index in [1.165, 1.54) is 13.2 Å². The first-order valence-corrected chi connectivity index (χ1v) is 11.6. The molecule has 0 spiro atoms. The summed E-state index contributed by atoms with van der Waals surface area (Å²) in [5.74, 6) is -2.61. The molecule has 0 radical (unpaired) electrons. The van der Waals surface area contributed by atoms with Crippen LogP contribution in [0.4, 0.5) is 4.79 Å². The van der Waals surface area contributed by atoms with Crippen LogP contribution in [0.1, 0.15) is 48.0 Å². The molecule has 12 heteroatoms. The Morgan fingerprint density at radius 2 is 1.52 bits per heavy atom. The van der Waals surface area contributed by atoms with Gasteiger partial charge in [0.1, 0.15) is 23.7 Å². The third-order valence-electron chi connectivity index (χ3n) is 3.84. The zero-order valence-corrected chi connectivity index (χ0v) is 20.0. The van der Waals surface area contributed by atoms with Crippen LogP contribution < -0.4 is 21.7 Å². The number of hydrogen-bond acceptors (Lipinski definition) is 7. The highest BCUT2D eigenvalue weighted by atomic mass is 32.2. The molecule has 0 heterocycles. The van der Waals surface area contributed by atoms with Crippen LogP contribution in [-0.2, 0) is 29.9 Å². The van der Waals surface area contributed by atoms with Gasteiger partial charge in [-0.2, -0.15) is 0 Å². The number of primary amides is 1. The first kappa shape index (κ1) is 28.8. The van der Waals surface area contributed by atoms with Crippen molar-refractivity contribution in [3.05, 3.63) is 0 Å². The van der Waals surface area contributed by atoms with Gasteiger partial charge >= 0.3 is 6.09 Å². The van der Waals surface area contributed by atoms with Crippen LogP contribution in [0.5, 0.6) is 0 Å². The maximum Gasteiger partial charge on any atom is 0.408 e. The van der Waals surface area contributed by atoms with Crippen molar-refractivity contribution < 1.29 is 33.2 Å². The minimum absolute atomic E-state index is 0.0211. The fourth-order valence-corrected chi connectivity index (χ4v) is 3.23. The molecule has 4 amide bonds. The van der Waals surface area contributed by atoms with E-state index in [1.807, 2.05) is 13.8 Å². The van der Waals surface area contributed by atoms with Crippen molar-refractivity contribution >= 4 is 34.6 Å². The molecule has 0 saturated heterocycles. The minimum Gasteiger partial charge on any atom is -0.444 e. The Hall–Kier alpha value is -2.21. The zero-order valence-electron chi connectivity index (χ0n) is 19.2. The number of carbonyl (C=O) groups is 4. The summed E-state index contributed by atoms with van der Waals surface area (Å²) in [6, 6.07) is -3.63. The lowest BCUT2D eigenvalue weighted by Crippen LogP contribution is -2.59. The molecule has 0 rings (SSSR count). The van der Waals surface area contributed by atoms with Gasteiger partial charge < -0.3 is 31.5 Å². The molecule has 1 unspecified atom stereocenters. The van der Waals surface area contributed by atoms with Crippen molar-refractivity contribution in [1.82, 2.24) is 16.0 Å². The molecule has 5 atom stereocenters. The Bertz CT molecular complexity index is 677. The maximum absolute atomic E-state index is 12.8. The molecule has 11 nitrogen and oxygen atoms in total. The third-order valence-corrected chi connectivity index (χ3v) is 4.64. The summed E-state index contributed by atoms with van der Waals surface area (Å²) < 4.78 is 16.8. The van der Waals surface area contributed by atoms with Crippen LogP contribution in [0.25, 0.3) is 0 Å². The number of alkyl carbamates (subject to hydrolysis) is 1. The van der Waals surface area contributed by atoms with Crippen LogP contribution in [0.3, 0.4) is 0 Å². The van der Waals surface area contributed by atoms with Crippen molar-refractivity contribution in [2.75, 3.05) is 12.0 Å². The van der Waals surface area contributed by atoms with Gasteiger partial charge in [-0.3, -0.25) is 18.6 Å². The maximum atomic E-state index is 12.8. The number of hydrogen-bond donors (Lipinski definition) is 5. The van der Waals surface area contributed by atoms with Crippen molar-refractivity contribution in [1.29, 1.82) is 0 Å². The number of rotatable bonds is 11. The molecular formula is C19H36N4O7S. The number of amides is 4. The highest BCUT2D eigenvalue weighted by molar-refractivity contribution is 7.84. The second-order valence-corrected chi connectivity index (χ2v) is 10.2. The lowest BCUT2D eigenvalue weighted by molar-refractivity contribution is -0.133. The van der Waals surface area contributed by atoms with Crippen LogP contribution in [0, 0.1) is 5.92 Å². The summed E-state index contributed by atoms with van der Waals surface area (Å²) in [6.45, 7) is 9.90. The smallest absolute Gasteiger partial charge is 0.408 e. The summed E-state index contributed by atoms with van der Waals surface area (Å²) in [6.07, 6.45) is -0.529. The second kappa shape index (κ2) is 12.6. The molecule has 0 saturated carbocycles. The molecule has 0 aliphatic carbocycles. The summed E-state index contributed by atoms with van der Waals surface area (Å²) in [5, 5.41) is 16.9. The second-order valence-electron chi connectivity index (χ2n) is 8.76. The van der Waals surface area contributed by atoms with Gasteiger partial charge in [0.05, 0.1) is 11.9 Å². The molecular weight excluding hydrogens is 428 g/mol. The SMILES string of the molecule is CC(C)C[C@H](NC(=O)[C@H](CS(C)=O)NC(=O)OC(C)(C)C)C(=O)N[C@H](C(N)=O)[C@@H](C)O. The van der Waals surface area contributed by atoms with Crippen LogP contribution >= 0.6 is 0 Å². The standard InChI is InChI=1S/C19H36N4O7S/c1-10(2)8-12(16(26)23-14(11(3)24)15(20)25)21-17(27)13(9-31(7)29)22-18(28)30-19(4,5)6/h10-14,24H,8-9H2,1-7H3,(H2,20,25)(H,21,27)(H,22,28)(H,23,26)/t11-,12+,13+,14+,31?/m1/s1. The van der Waals surface area contributed by atoms with Crippen LogP contribution in [0.2, 0.25) is 0 Å². The Morgan fingerprint density at radius 1 is 1.00 bits per heavy atom. The highest BCUT2D eigenvalue weighted by Gasteiger charge is 2.32. The van der Waals surface area contributed by atoms with Gasteiger partial charge in [0.15, 0.2) is 0 Å². The minimum atomic E-state index is -1.44. The van der Waals surface area contributed by atoms with E-state index >= 15 is 0 Å². The van der Waals surface area contributed by atoms with E-state index in [4.69, 9.17) is 10.5 Å². The summed E-state index contributed by atoms with van der Waals surface area (Å²) in [4.78, 5) is 49.0. The third kappa shape index (κ3) is 12.3. The molecule has 0 aliphatic heterocycles. The van der Waals surface area contributed by atoms with Crippen molar-refractivity contribution in [3.8, 4) is 0 Å². The van der Waals surface area contributed by atoms with Crippen LogP contribution in [-0.4, -0.2) is 75.0 Å². The zero-order chi connectivity index (χ0) is 24.5. The van der Waals surface area contributed by atoms with Crippen molar-refractivity contribution in [2.24, 2.45) is 11.7 Å². The van der Waals surface area contributed by atoms with Crippen molar-refractivity contribution in [3.63, 3.8) is 0 Å². The Labute approximate surface area is 185 Å². The average Bonchev–Trinajstić information content (AvgIpc) is 2.54. The fraction of sp³-hybridized carbons (Fsp3) is 0.789. The number of aliphatic hydroxyl groups is 1.